The van der Waals surface area contributed by atoms with Crippen molar-refractivity contribution in [3.63, 3.8) is 0 Å². The van der Waals surface area contributed by atoms with Crippen LogP contribution in [-0.4, -0.2) is 12.6 Å². The molecule has 1 saturated heterocycles. The molecule has 3 aromatic rings. The van der Waals surface area contributed by atoms with Crippen LogP contribution in [0, 0.1) is 0 Å². The molecule has 6 heteroatoms. The zero-order valence-corrected chi connectivity index (χ0v) is 11.7. The molecule has 1 N–H and O–H groups in total. The molecule has 22 heavy (non-hydrogen) atoms. The third kappa shape index (κ3) is 2.01. The average molecular weight is 309 g/mol. The van der Waals surface area contributed by atoms with Gasteiger partial charge in [0, 0.05) is 22.4 Å². The number of nitrogens with one attached hydrogen (secondary N) is 1. The molecule has 116 valence electrons. The summed E-state index contributed by atoms with van der Waals surface area (Å²) < 4.78 is 50.9. The number of furan rings is 2. The van der Waals surface area contributed by atoms with Gasteiger partial charge in [0.05, 0.1) is 12.5 Å². The fourth-order valence-corrected chi connectivity index (χ4v) is 3.39. The lowest BCUT2D eigenvalue weighted by molar-refractivity contribution is -0.135. The molecule has 4 rings (SSSR count). The van der Waals surface area contributed by atoms with E-state index in [-0.39, 0.29) is 17.0 Å². The van der Waals surface area contributed by atoms with E-state index in [4.69, 9.17) is 8.83 Å². The highest BCUT2D eigenvalue weighted by Gasteiger charge is 2.38. The van der Waals surface area contributed by atoms with Gasteiger partial charge in [-0.2, -0.15) is 13.2 Å². The largest absolute Gasteiger partial charge is 0.464 e. The zero-order chi connectivity index (χ0) is 15.3. The van der Waals surface area contributed by atoms with Crippen molar-refractivity contribution in [1.29, 1.82) is 0 Å². The molecule has 1 aliphatic rings. The van der Waals surface area contributed by atoms with Crippen molar-refractivity contribution in [3.8, 4) is 0 Å². The minimum absolute atomic E-state index is 0.0722. The van der Waals surface area contributed by atoms with Gasteiger partial charge in [-0.25, -0.2) is 0 Å². The first-order valence-corrected chi connectivity index (χ1v) is 7.25. The molecule has 2 aromatic heterocycles. The van der Waals surface area contributed by atoms with Gasteiger partial charge in [-0.3, -0.25) is 0 Å². The number of hydrogen-bond donors (Lipinski definition) is 1. The fraction of sp³-hybridized carbons (Fsp3) is 0.375. The third-order valence-electron chi connectivity index (χ3n) is 4.32. The van der Waals surface area contributed by atoms with Crippen LogP contribution < -0.4 is 5.32 Å². The van der Waals surface area contributed by atoms with Gasteiger partial charge in [-0.05, 0) is 37.9 Å². The van der Waals surface area contributed by atoms with Crippen molar-refractivity contribution in [3.05, 3.63) is 35.8 Å². The summed E-state index contributed by atoms with van der Waals surface area (Å²) >= 11 is 0. The Morgan fingerprint density at radius 3 is 2.50 bits per heavy atom. The third-order valence-corrected chi connectivity index (χ3v) is 4.32. The maximum atomic E-state index is 13.4. The highest BCUT2D eigenvalue weighted by Crippen LogP contribution is 2.43. The second kappa shape index (κ2) is 4.78. The van der Waals surface area contributed by atoms with E-state index in [1.54, 1.807) is 6.07 Å². The first-order chi connectivity index (χ1) is 10.6. The Kier molecular flexibility index (Phi) is 2.97. The maximum Gasteiger partial charge on any atom is 0.420 e. The SMILES string of the molecule is FC(F)(F)c1c2ccoc2c(C[C@H]2CCCN2)c2ccoc12. The highest BCUT2D eigenvalue weighted by molar-refractivity contribution is 6.01. The predicted molar refractivity (Wildman–Crippen MR) is 75.7 cm³/mol. The molecular formula is C16H14F3NO2. The molecule has 0 spiro atoms. The second-order valence-corrected chi connectivity index (χ2v) is 5.68. The summed E-state index contributed by atoms with van der Waals surface area (Å²) in [5, 5.41) is 3.93. The van der Waals surface area contributed by atoms with Crippen molar-refractivity contribution >= 4 is 21.9 Å². The van der Waals surface area contributed by atoms with Gasteiger partial charge in [0.25, 0.3) is 0 Å². The molecule has 1 aliphatic heterocycles. The Hall–Kier alpha value is -1.95. The lowest BCUT2D eigenvalue weighted by atomic mass is 9.96. The Bertz CT molecular complexity index is 773. The van der Waals surface area contributed by atoms with Crippen LogP contribution in [-0.2, 0) is 12.6 Å². The van der Waals surface area contributed by atoms with Crippen LogP contribution >= 0.6 is 0 Å². The first-order valence-electron chi connectivity index (χ1n) is 7.25. The molecule has 1 aromatic carbocycles. The van der Waals surface area contributed by atoms with Crippen molar-refractivity contribution in [2.24, 2.45) is 0 Å². The maximum absolute atomic E-state index is 13.4. The van der Waals surface area contributed by atoms with Crippen molar-refractivity contribution in [2.45, 2.75) is 31.5 Å². The molecule has 3 heterocycles. The van der Waals surface area contributed by atoms with Crippen LogP contribution in [0.1, 0.15) is 24.0 Å². The van der Waals surface area contributed by atoms with E-state index in [0.29, 0.717) is 17.4 Å². The summed E-state index contributed by atoms with van der Waals surface area (Å²) in [7, 11) is 0. The van der Waals surface area contributed by atoms with Gasteiger partial charge in [0.1, 0.15) is 16.7 Å². The molecule has 3 nitrogen and oxygen atoms in total. The van der Waals surface area contributed by atoms with E-state index in [2.05, 4.69) is 5.32 Å². The number of rotatable bonds is 2. The Morgan fingerprint density at radius 1 is 1.09 bits per heavy atom. The molecule has 0 saturated carbocycles. The highest BCUT2D eigenvalue weighted by atomic mass is 19.4. The molecule has 0 amide bonds. The van der Waals surface area contributed by atoms with Gasteiger partial charge in [-0.1, -0.05) is 0 Å². The van der Waals surface area contributed by atoms with E-state index >= 15 is 0 Å². The summed E-state index contributed by atoms with van der Waals surface area (Å²) in [4.78, 5) is 0. The normalized spacial score (nSPS) is 19.5. The van der Waals surface area contributed by atoms with E-state index in [9.17, 15) is 13.2 Å². The standard InChI is InChI=1S/C16H14F3NO2/c17-16(18,19)13-11-4-7-21-14(11)12(8-9-2-1-5-20-9)10-3-6-22-15(10)13/h3-4,6-7,9,20H,1-2,5,8H2/t9-/m1/s1. The number of benzene rings is 1. The summed E-state index contributed by atoms with van der Waals surface area (Å²) in [6, 6.07) is 3.23. The van der Waals surface area contributed by atoms with Crippen LogP contribution in [0.2, 0.25) is 0 Å². The predicted octanol–water partition coefficient (Wildman–Crippen LogP) is 4.49. The zero-order valence-electron chi connectivity index (χ0n) is 11.7. The van der Waals surface area contributed by atoms with Crippen LogP contribution in [0.25, 0.3) is 21.9 Å². The van der Waals surface area contributed by atoms with Crippen LogP contribution in [0.3, 0.4) is 0 Å². The van der Waals surface area contributed by atoms with E-state index < -0.39 is 11.7 Å². The van der Waals surface area contributed by atoms with Gasteiger partial charge < -0.3 is 14.2 Å². The Labute approximate surface area is 124 Å². The molecule has 0 unspecified atom stereocenters. The van der Waals surface area contributed by atoms with E-state index in [0.717, 1.165) is 24.9 Å². The van der Waals surface area contributed by atoms with E-state index in [1.165, 1.54) is 18.6 Å². The van der Waals surface area contributed by atoms with Crippen LogP contribution in [0.4, 0.5) is 13.2 Å². The van der Waals surface area contributed by atoms with Crippen molar-refractivity contribution in [2.75, 3.05) is 6.54 Å². The molecule has 0 aliphatic carbocycles. The number of fused-ring (bicyclic) bond motifs is 2. The fourth-order valence-electron chi connectivity index (χ4n) is 3.39. The molecule has 0 bridgehead atoms. The van der Waals surface area contributed by atoms with Crippen LogP contribution in [0.5, 0.6) is 0 Å². The summed E-state index contributed by atoms with van der Waals surface area (Å²) in [5.74, 6) is 0. The lowest BCUT2D eigenvalue weighted by Crippen LogP contribution is -2.23. The molecular weight excluding hydrogens is 295 g/mol. The smallest absolute Gasteiger partial charge is 0.420 e. The molecule has 1 fully saturated rings. The summed E-state index contributed by atoms with van der Waals surface area (Å²) in [6.45, 7) is 0.946. The Morgan fingerprint density at radius 2 is 1.82 bits per heavy atom. The molecule has 1 atom stereocenters. The monoisotopic (exact) mass is 309 g/mol. The second-order valence-electron chi connectivity index (χ2n) is 5.68. The first kappa shape index (κ1) is 13.7. The Balaban J connectivity index is 1.99. The van der Waals surface area contributed by atoms with Gasteiger partial charge in [0.2, 0.25) is 0 Å². The summed E-state index contributed by atoms with van der Waals surface area (Å²) in [5.41, 5.74) is 0.250. The lowest BCUT2D eigenvalue weighted by Gasteiger charge is -2.14. The quantitative estimate of drug-likeness (QED) is 0.758. The number of alkyl halides is 3. The average Bonchev–Trinajstić information content (AvgIpc) is 3.17. The number of hydrogen-bond acceptors (Lipinski definition) is 3. The van der Waals surface area contributed by atoms with Gasteiger partial charge in [-0.15, -0.1) is 0 Å². The number of halogens is 3. The van der Waals surface area contributed by atoms with Crippen LogP contribution in [0.15, 0.2) is 33.5 Å². The van der Waals surface area contributed by atoms with Crippen molar-refractivity contribution < 1.29 is 22.0 Å². The molecule has 0 radical (unpaired) electrons. The van der Waals surface area contributed by atoms with Crippen molar-refractivity contribution in [1.82, 2.24) is 5.32 Å². The minimum Gasteiger partial charge on any atom is -0.464 e. The topological polar surface area (TPSA) is 38.3 Å². The summed E-state index contributed by atoms with van der Waals surface area (Å²) in [6.07, 6.45) is 0.874. The van der Waals surface area contributed by atoms with E-state index in [1.807, 2.05) is 0 Å². The van der Waals surface area contributed by atoms with Gasteiger partial charge in [0.15, 0.2) is 0 Å². The minimum atomic E-state index is -4.48. The van der Waals surface area contributed by atoms with Gasteiger partial charge >= 0.3 is 6.18 Å².